The molecule has 2 atom stereocenters. The summed E-state index contributed by atoms with van der Waals surface area (Å²) in [5, 5.41) is 0. The monoisotopic (exact) mass is 244 g/mol. The molecule has 0 aliphatic heterocycles. The largest absolute Gasteiger partial charge is 0.294 e. The van der Waals surface area contributed by atoms with Gasteiger partial charge in [0, 0.05) is 11.5 Å². The van der Waals surface area contributed by atoms with Gasteiger partial charge in [0.05, 0.1) is 0 Å². The molecular formula is C17H24O. The van der Waals surface area contributed by atoms with Crippen LogP contribution in [0.25, 0.3) is 0 Å². The van der Waals surface area contributed by atoms with Crippen LogP contribution in [-0.2, 0) is 6.42 Å². The molecule has 1 nitrogen and oxygen atoms in total. The highest BCUT2D eigenvalue weighted by Gasteiger charge is 2.30. The predicted molar refractivity (Wildman–Crippen MR) is 75.8 cm³/mol. The minimum Gasteiger partial charge on any atom is -0.294 e. The van der Waals surface area contributed by atoms with Crippen LogP contribution in [-0.4, -0.2) is 5.78 Å². The maximum absolute atomic E-state index is 12.7. The predicted octanol–water partition coefficient (Wildman–Crippen LogP) is 4.50. The summed E-state index contributed by atoms with van der Waals surface area (Å²) in [7, 11) is 0. The van der Waals surface area contributed by atoms with Gasteiger partial charge < -0.3 is 0 Å². The lowest BCUT2D eigenvalue weighted by atomic mass is 9.73. The fraction of sp³-hybridized carbons (Fsp3) is 0.588. The number of rotatable bonds is 3. The summed E-state index contributed by atoms with van der Waals surface area (Å²) in [6.45, 7) is 6.68. The lowest BCUT2D eigenvalue weighted by Crippen LogP contribution is -2.26. The number of hydrogen-bond acceptors (Lipinski definition) is 1. The van der Waals surface area contributed by atoms with Crippen LogP contribution in [0.5, 0.6) is 0 Å². The number of hydrogen-bond donors (Lipinski definition) is 0. The number of carbonyl (C=O) groups excluding carboxylic acids is 1. The molecule has 1 aliphatic carbocycles. The van der Waals surface area contributed by atoms with Crippen LogP contribution in [0.4, 0.5) is 0 Å². The average Bonchev–Trinajstić information content (AvgIpc) is 2.36. The Bertz CT molecular complexity index is 411. The molecule has 98 valence electrons. The Morgan fingerprint density at radius 3 is 2.33 bits per heavy atom. The fourth-order valence-corrected chi connectivity index (χ4v) is 3.45. The van der Waals surface area contributed by atoms with Gasteiger partial charge in [-0.25, -0.2) is 0 Å². The summed E-state index contributed by atoms with van der Waals surface area (Å²) in [6, 6.07) is 8.11. The Labute approximate surface area is 111 Å². The second kappa shape index (κ2) is 5.69. The standard InChI is InChI=1S/C17H24O/c1-4-14-7-5-6-8-16(14)17(18)15-10-12(2)9-13(3)11-15/h5-8,12-13,15H,4,9-11H2,1-3H3. The van der Waals surface area contributed by atoms with Crippen LogP contribution < -0.4 is 0 Å². The quantitative estimate of drug-likeness (QED) is 0.715. The zero-order chi connectivity index (χ0) is 13.1. The number of carbonyl (C=O) groups is 1. The third kappa shape index (κ3) is 2.82. The van der Waals surface area contributed by atoms with Crippen molar-refractivity contribution in [3.8, 4) is 0 Å². The number of ketones is 1. The first-order valence-electron chi connectivity index (χ1n) is 7.24. The smallest absolute Gasteiger partial charge is 0.166 e. The second-order valence-electron chi connectivity index (χ2n) is 5.99. The summed E-state index contributed by atoms with van der Waals surface area (Å²) >= 11 is 0. The molecule has 1 fully saturated rings. The number of benzene rings is 1. The van der Waals surface area contributed by atoms with Crippen LogP contribution in [0.1, 0.15) is 56.0 Å². The summed E-state index contributed by atoms with van der Waals surface area (Å²) in [5.74, 6) is 2.01. The van der Waals surface area contributed by atoms with E-state index in [1.807, 2.05) is 18.2 Å². The molecule has 0 N–H and O–H groups in total. The maximum atomic E-state index is 12.7. The summed E-state index contributed by atoms with van der Waals surface area (Å²) in [4.78, 5) is 12.7. The van der Waals surface area contributed by atoms with Gasteiger partial charge in [0.2, 0.25) is 0 Å². The van der Waals surface area contributed by atoms with Crippen LogP contribution in [0.3, 0.4) is 0 Å². The third-order valence-electron chi connectivity index (χ3n) is 4.21. The molecule has 0 heterocycles. The van der Waals surface area contributed by atoms with Crippen LogP contribution >= 0.6 is 0 Å². The molecule has 1 heteroatoms. The van der Waals surface area contributed by atoms with Crippen LogP contribution in [0, 0.1) is 17.8 Å². The van der Waals surface area contributed by atoms with Gasteiger partial charge in [-0.05, 0) is 43.1 Å². The van der Waals surface area contributed by atoms with Gasteiger partial charge in [-0.2, -0.15) is 0 Å². The van der Waals surface area contributed by atoms with E-state index in [0.717, 1.165) is 24.8 Å². The first-order chi connectivity index (χ1) is 8.61. The topological polar surface area (TPSA) is 17.1 Å². The Morgan fingerprint density at radius 2 is 1.72 bits per heavy atom. The van der Waals surface area contributed by atoms with Gasteiger partial charge in [-0.3, -0.25) is 4.79 Å². The molecule has 2 rings (SSSR count). The number of Topliss-reactive ketones (excluding diaryl/α,β-unsaturated/α-hetero) is 1. The van der Waals surface area contributed by atoms with E-state index in [0.29, 0.717) is 17.6 Å². The normalized spacial score (nSPS) is 28.1. The Balaban J connectivity index is 2.20. The van der Waals surface area contributed by atoms with E-state index in [2.05, 4.69) is 26.8 Å². The Kier molecular flexibility index (Phi) is 4.21. The number of aryl methyl sites for hydroxylation is 1. The van der Waals surface area contributed by atoms with Crippen LogP contribution in [0.15, 0.2) is 24.3 Å². The highest BCUT2D eigenvalue weighted by Crippen LogP contribution is 2.35. The first kappa shape index (κ1) is 13.3. The molecule has 0 saturated heterocycles. The van der Waals surface area contributed by atoms with Gasteiger partial charge in [0.1, 0.15) is 0 Å². The van der Waals surface area contributed by atoms with E-state index in [1.54, 1.807) is 0 Å². The van der Waals surface area contributed by atoms with E-state index in [9.17, 15) is 4.79 Å². The third-order valence-corrected chi connectivity index (χ3v) is 4.21. The van der Waals surface area contributed by atoms with Crippen molar-refractivity contribution >= 4 is 5.78 Å². The minimum atomic E-state index is 0.247. The highest BCUT2D eigenvalue weighted by atomic mass is 16.1. The van der Waals surface area contributed by atoms with Gasteiger partial charge in [-0.15, -0.1) is 0 Å². The molecule has 0 aromatic heterocycles. The zero-order valence-corrected chi connectivity index (χ0v) is 11.8. The molecule has 0 spiro atoms. The summed E-state index contributed by atoms with van der Waals surface area (Å²) in [6.07, 6.45) is 4.36. The van der Waals surface area contributed by atoms with E-state index < -0.39 is 0 Å². The van der Waals surface area contributed by atoms with Crippen molar-refractivity contribution < 1.29 is 4.79 Å². The van der Waals surface area contributed by atoms with E-state index in [4.69, 9.17) is 0 Å². The average molecular weight is 244 g/mol. The zero-order valence-electron chi connectivity index (χ0n) is 11.8. The first-order valence-corrected chi connectivity index (χ1v) is 7.24. The van der Waals surface area contributed by atoms with Crippen molar-refractivity contribution in [2.75, 3.05) is 0 Å². The van der Waals surface area contributed by atoms with E-state index >= 15 is 0 Å². The van der Waals surface area contributed by atoms with Gasteiger partial charge in [-0.1, -0.05) is 45.0 Å². The van der Waals surface area contributed by atoms with Gasteiger partial charge in [0.25, 0.3) is 0 Å². The summed E-state index contributed by atoms with van der Waals surface area (Å²) < 4.78 is 0. The van der Waals surface area contributed by atoms with Crippen molar-refractivity contribution in [3.05, 3.63) is 35.4 Å². The molecule has 2 unspecified atom stereocenters. The van der Waals surface area contributed by atoms with Gasteiger partial charge >= 0.3 is 0 Å². The van der Waals surface area contributed by atoms with Crippen molar-refractivity contribution in [3.63, 3.8) is 0 Å². The van der Waals surface area contributed by atoms with Gasteiger partial charge in [0.15, 0.2) is 5.78 Å². The Hall–Kier alpha value is -1.11. The summed E-state index contributed by atoms with van der Waals surface area (Å²) in [5.41, 5.74) is 2.17. The molecule has 0 bridgehead atoms. The maximum Gasteiger partial charge on any atom is 0.166 e. The molecule has 1 saturated carbocycles. The van der Waals surface area contributed by atoms with Crippen LogP contribution in [0.2, 0.25) is 0 Å². The van der Waals surface area contributed by atoms with E-state index in [-0.39, 0.29) is 5.92 Å². The molecular weight excluding hydrogens is 220 g/mol. The SMILES string of the molecule is CCc1ccccc1C(=O)C1CC(C)CC(C)C1. The molecule has 1 aromatic carbocycles. The Morgan fingerprint density at radius 1 is 1.11 bits per heavy atom. The van der Waals surface area contributed by atoms with Crippen molar-refractivity contribution in [2.24, 2.45) is 17.8 Å². The van der Waals surface area contributed by atoms with E-state index in [1.165, 1.54) is 12.0 Å². The molecule has 1 aliphatic rings. The molecule has 1 aromatic rings. The molecule has 0 amide bonds. The highest BCUT2D eigenvalue weighted by molar-refractivity contribution is 5.99. The molecule has 0 radical (unpaired) electrons. The van der Waals surface area contributed by atoms with Crippen molar-refractivity contribution in [2.45, 2.75) is 46.5 Å². The second-order valence-corrected chi connectivity index (χ2v) is 5.99. The van der Waals surface area contributed by atoms with Crippen molar-refractivity contribution in [1.29, 1.82) is 0 Å². The fourth-order valence-electron chi connectivity index (χ4n) is 3.45. The lowest BCUT2D eigenvalue weighted by Gasteiger charge is -2.30. The minimum absolute atomic E-state index is 0.247. The lowest BCUT2D eigenvalue weighted by molar-refractivity contribution is 0.0835. The van der Waals surface area contributed by atoms with Crippen molar-refractivity contribution in [1.82, 2.24) is 0 Å². The molecule has 18 heavy (non-hydrogen) atoms.